The molecule has 6 heteroatoms. The van der Waals surface area contributed by atoms with Crippen molar-refractivity contribution in [3.8, 4) is 0 Å². The summed E-state index contributed by atoms with van der Waals surface area (Å²) in [6.45, 7) is 6.33. The summed E-state index contributed by atoms with van der Waals surface area (Å²) < 4.78 is 10.5. The second-order valence-corrected chi connectivity index (χ2v) is 12.7. The third-order valence-electron chi connectivity index (χ3n) is 8.25. The first-order chi connectivity index (χ1) is 22.4. The minimum Gasteiger partial charge on any atom is -0.462 e. The molecule has 0 aromatic heterocycles. The molecule has 0 aliphatic carbocycles. The monoisotopic (exact) mass is 647 g/mol. The summed E-state index contributed by atoms with van der Waals surface area (Å²) in [5.74, 6) is 0.168. The van der Waals surface area contributed by atoms with Crippen molar-refractivity contribution < 1.29 is 29.3 Å². The molecule has 0 bridgehead atoms. The van der Waals surface area contributed by atoms with E-state index < -0.39 is 12.2 Å². The number of ether oxygens (including phenoxy) is 2. The molecule has 1 unspecified atom stereocenters. The van der Waals surface area contributed by atoms with Crippen molar-refractivity contribution in [2.24, 2.45) is 5.92 Å². The average Bonchev–Trinajstić information content (AvgIpc) is 3.05. The lowest BCUT2D eigenvalue weighted by atomic mass is 9.99. The molecule has 0 aromatic carbocycles. The molecule has 0 aliphatic rings. The molecule has 0 amide bonds. The molecule has 0 fully saturated rings. The van der Waals surface area contributed by atoms with E-state index in [0.29, 0.717) is 19.3 Å². The molecule has 6 nitrogen and oxygen atoms in total. The van der Waals surface area contributed by atoms with Crippen LogP contribution in [-0.2, 0) is 19.1 Å². The standard InChI is InChI=1S/C40H70O6/c1-4-6-7-8-14-20-25-30-37(42)31-26-21-16-13-18-22-27-32-39(43)45-35-38(34-41)46-40(44)33-28-23-17-12-10-9-11-15-19-24-29-36(3)5-2/h13-14,18,20-21,25-26,30,36-38,41-42H,4-12,15-17,19,22-24,27-29,31-35H2,1-3H3/b18-13+,20-14-,26-21-,30-25-/t36?,37-,38+/m1/s1. The van der Waals surface area contributed by atoms with Gasteiger partial charge in [-0.25, -0.2) is 0 Å². The molecule has 46 heavy (non-hydrogen) atoms. The molecule has 0 aliphatic heterocycles. The maximum absolute atomic E-state index is 12.1. The Morgan fingerprint density at radius 2 is 1.33 bits per heavy atom. The molecule has 266 valence electrons. The van der Waals surface area contributed by atoms with Crippen LogP contribution in [-0.4, -0.2) is 47.6 Å². The van der Waals surface area contributed by atoms with E-state index in [-0.39, 0.29) is 31.6 Å². The Labute approximate surface area is 282 Å². The number of aliphatic hydroxyl groups is 2. The number of unbranched alkanes of at least 4 members (excludes halogenated alkanes) is 13. The quantitative estimate of drug-likeness (QED) is 0.0327. The summed E-state index contributed by atoms with van der Waals surface area (Å²) >= 11 is 0. The molecule has 3 atom stereocenters. The van der Waals surface area contributed by atoms with Crippen LogP contribution >= 0.6 is 0 Å². The molecule has 0 saturated carbocycles. The van der Waals surface area contributed by atoms with Gasteiger partial charge in [0, 0.05) is 12.8 Å². The predicted octanol–water partition coefficient (Wildman–Crippen LogP) is 10.3. The van der Waals surface area contributed by atoms with Crippen molar-refractivity contribution >= 4 is 11.9 Å². The van der Waals surface area contributed by atoms with Gasteiger partial charge in [0.2, 0.25) is 0 Å². The average molecular weight is 647 g/mol. The van der Waals surface area contributed by atoms with Crippen LogP contribution in [0.4, 0.5) is 0 Å². The SMILES string of the molecule is CCCCC/C=C\C=C/[C@@H](O)C/C=C\C/C=C/CCCC(=O)OC[C@H](CO)OC(=O)CCCCCCCCCCCCC(C)CC. The maximum Gasteiger partial charge on any atom is 0.306 e. The molecular weight excluding hydrogens is 576 g/mol. The smallest absolute Gasteiger partial charge is 0.306 e. The highest BCUT2D eigenvalue weighted by Gasteiger charge is 2.16. The number of hydrogen-bond donors (Lipinski definition) is 2. The van der Waals surface area contributed by atoms with Crippen molar-refractivity contribution in [1.29, 1.82) is 0 Å². The molecule has 0 rings (SSSR count). The fraction of sp³-hybridized carbons (Fsp3) is 0.750. The lowest BCUT2D eigenvalue weighted by molar-refractivity contribution is -0.161. The number of carbonyl (C=O) groups excluding carboxylic acids is 2. The normalized spacial score (nSPS) is 14.1. The second-order valence-electron chi connectivity index (χ2n) is 12.7. The first-order valence-electron chi connectivity index (χ1n) is 18.7. The minimum absolute atomic E-state index is 0.115. The summed E-state index contributed by atoms with van der Waals surface area (Å²) in [7, 11) is 0. The molecule has 0 heterocycles. The van der Waals surface area contributed by atoms with Crippen LogP contribution in [0.3, 0.4) is 0 Å². The van der Waals surface area contributed by atoms with Crippen LogP contribution < -0.4 is 0 Å². The molecule has 0 spiro atoms. The summed E-state index contributed by atoms with van der Waals surface area (Å²) in [6, 6.07) is 0. The van der Waals surface area contributed by atoms with Crippen molar-refractivity contribution in [3.63, 3.8) is 0 Å². The zero-order valence-electron chi connectivity index (χ0n) is 29.8. The number of aliphatic hydroxyl groups excluding tert-OH is 2. The first-order valence-corrected chi connectivity index (χ1v) is 18.7. The van der Waals surface area contributed by atoms with Crippen molar-refractivity contribution in [2.75, 3.05) is 13.2 Å². The molecule has 2 N–H and O–H groups in total. The van der Waals surface area contributed by atoms with Gasteiger partial charge in [0.25, 0.3) is 0 Å². The number of allylic oxidation sites excluding steroid dienone is 6. The summed E-state index contributed by atoms with van der Waals surface area (Å²) in [6.07, 6.45) is 37.6. The van der Waals surface area contributed by atoms with Gasteiger partial charge in [-0.05, 0) is 50.9 Å². The Kier molecular flexibility index (Phi) is 32.5. The largest absolute Gasteiger partial charge is 0.462 e. The van der Waals surface area contributed by atoms with Crippen LogP contribution in [0.15, 0.2) is 48.6 Å². The topological polar surface area (TPSA) is 93.1 Å². The lowest BCUT2D eigenvalue weighted by Crippen LogP contribution is -2.28. The fourth-order valence-corrected chi connectivity index (χ4v) is 4.95. The van der Waals surface area contributed by atoms with E-state index in [1.54, 1.807) is 0 Å². The van der Waals surface area contributed by atoms with E-state index in [4.69, 9.17) is 9.47 Å². The van der Waals surface area contributed by atoms with Gasteiger partial charge in [0.1, 0.15) is 6.61 Å². The Bertz CT molecular complexity index is 815. The van der Waals surface area contributed by atoms with Gasteiger partial charge in [-0.3, -0.25) is 9.59 Å². The molecule has 0 saturated heterocycles. The highest BCUT2D eigenvalue weighted by molar-refractivity contribution is 5.70. The lowest BCUT2D eigenvalue weighted by Gasteiger charge is -2.15. The second kappa shape index (κ2) is 34.2. The van der Waals surface area contributed by atoms with Gasteiger partial charge in [-0.15, -0.1) is 0 Å². The Morgan fingerprint density at radius 1 is 0.696 bits per heavy atom. The number of rotatable bonds is 32. The third kappa shape index (κ3) is 31.8. The van der Waals surface area contributed by atoms with Gasteiger partial charge in [0.15, 0.2) is 6.10 Å². The van der Waals surface area contributed by atoms with E-state index in [1.165, 1.54) is 77.0 Å². The van der Waals surface area contributed by atoms with Gasteiger partial charge in [0.05, 0.1) is 12.7 Å². The summed E-state index contributed by atoms with van der Waals surface area (Å²) in [5, 5.41) is 19.5. The Balaban J connectivity index is 3.76. The van der Waals surface area contributed by atoms with E-state index in [2.05, 4.69) is 26.8 Å². The van der Waals surface area contributed by atoms with Crippen molar-refractivity contribution in [2.45, 2.75) is 174 Å². The van der Waals surface area contributed by atoms with E-state index >= 15 is 0 Å². The minimum atomic E-state index is -0.811. The summed E-state index contributed by atoms with van der Waals surface area (Å²) in [4.78, 5) is 24.2. The van der Waals surface area contributed by atoms with Gasteiger partial charge < -0.3 is 19.7 Å². The summed E-state index contributed by atoms with van der Waals surface area (Å²) in [5.41, 5.74) is 0. The first kappa shape index (κ1) is 43.8. The highest BCUT2D eigenvalue weighted by atomic mass is 16.6. The predicted molar refractivity (Wildman–Crippen MR) is 193 cm³/mol. The van der Waals surface area contributed by atoms with Crippen LogP contribution in [0.1, 0.15) is 162 Å². The van der Waals surface area contributed by atoms with E-state index in [9.17, 15) is 19.8 Å². The zero-order chi connectivity index (χ0) is 33.9. The zero-order valence-corrected chi connectivity index (χ0v) is 29.8. The van der Waals surface area contributed by atoms with Gasteiger partial charge >= 0.3 is 11.9 Å². The van der Waals surface area contributed by atoms with Crippen LogP contribution in [0.2, 0.25) is 0 Å². The van der Waals surface area contributed by atoms with Gasteiger partial charge in [-0.1, -0.05) is 153 Å². The van der Waals surface area contributed by atoms with Crippen molar-refractivity contribution in [3.05, 3.63) is 48.6 Å². The van der Waals surface area contributed by atoms with Gasteiger partial charge in [-0.2, -0.15) is 0 Å². The van der Waals surface area contributed by atoms with Crippen LogP contribution in [0.5, 0.6) is 0 Å². The third-order valence-corrected chi connectivity index (χ3v) is 8.25. The highest BCUT2D eigenvalue weighted by Crippen LogP contribution is 2.15. The Hall–Kier alpha value is -2.18. The van der Waals surface area contributed by atoms with E-state index in [0.717, 1.165) is 44.4 Å². The molecule has 0 aromatic rings. The fourth-order valence-electron chi connectivity index (χ4n) is 4.95. The van der Waals surface area contributed by atoms with Crippen molar-refractivity contribution in [1.82, 2.24) is 0 Å². The Morgan fingerprint density at radius 3 is 2.00 bits per heavy atom. The van der Waals surface area contributed by atoms with E-state index in [1.807, 2.05) is 42.5 Å². The molecular formula is C40H70O6. The number of esters is 2. The number of carbonyl (C=O) groups is 2. The van der Waals surface area contributed by atoms with Crippen LogP contribution in [0.25, 0.3) is 0 Å². The molecule has 0 radical (unpaired) electrons. The van der Waals surface area contributed by atoms with Crippen LogP contribution in [0, 0.1) is 5.92 Å². The maximum atomic E-state index is 12.1. The number of hydrogen-bond acceptors (Lipinski definition) is 6.